The Morgan fingerprint density at radius 3 is 2.44 bits per heavy atom. The predicted octanol–water partition coefficient (Wildman–Crippen LogP) is 2.64. The van der Waals surface area contributed by atoms with E-state index in [2.05, 4.69) is 10.1 Å². The Balaban J connectivity index is 1.57. The fourth-order valence-electron chi connectivity index (χ4n) is 3.03. The van der Waals surface area contributed by atoms with Gasteiger partial charge in [-0.3, -0.25) is 14.5 Å². The van der Waals surface area contributed by atoms with Crippen LogP contribution in [0, 0.1) is 0 Å². The summed E-state index contributed by atoms with van der Waals surface area (Å²) in [5.74, 6) is 0.194. The van der Waals surface area contributed by atoms with Gasteiger partial charge in [-0.05, 0) is 35.3 Å². The van der Waals surface area contributed by atoms with Gasteiger partial charge in [0.25, 0.3) is 23.7 Å². The fraction of sp³-hybridized carbons (Fsp3) is 0.200. The molecule has 0 radical (unpaired) electrons. The number of nitrogens with zero attached hydrogens (tertiary/aromatic N) is 4. The first-order valence-corrected chi connectivity index (χ1v) is 8.60. The Morgan fingerprint density at radius 2 is 1.74 bits per heavy atom. The zero-order valence-corrected chi connectivity index (χ0v) is 15.0. The molecule has 0 atom stereocenters. The highest BCUT2D eigenvalue weighted by molar-refractivity contribution is 6.21. The molecule has 0 N–H and O–H groups in total. The zero-order chi connectivity index (χ0) is 19.0. The van der Waals surface area contributed by atoms with Crippen molar-refractivity contribution < 1.29 is 14.1 Å². The summed E-state index contributed by atoms with van der Waals surface area (Å²) in [5.41, 5.74) is 2.47. The summed E-state index contributed by atoms with van der Waals surface area (Å²) in [6.07, 6.45) is 0.620. The third-order valence-corrected chi connectivity index (χ3v) is 4.50. The van der Waals surface area contributed by atoms with Gasteiger partial charge in [-0.25, -0.2) is 0 Å². The molecule has 0 spiro atoms. The van der Waals surface area contributed by atoms with Gasteiger partial charge in [0.1, 0.15) is 0 Å². The van der Waals surface area contributed by atoms with Crippen LogP contribution in [-0.4, -0.2) is 47.5 Å². The number of imide groups is 1. The number of hydrogen-bond acceptors (Lipinski definition) is 6. The van der Waals surface area contributed by atoms with Crippen molar-refractivity contribution in [3.05, 3.63) is 65.2 Å². The summed E-state index contributed by atoms with van der Waals surface area (Å²) in [6, 6.07) is 14.8. The van der Waals surface area contributed by atoms with E-state index in [0.29, 0.717) is 41.5 Å². The second kappa shape index (κ2) is 6.68. The average Bonchev–Trinajstić information content (AvgIpc) is 3.26. The van der Waals surface area contributed by atoms with E-state index in [-0.39, 0.29) is 11.8 Å². The van der Waals surface area contributed by atoms with E-state index in [9.17, 15) is 9.59 Å². The van der Waals surface area contributed by atoms with Crippen molar-refractivity contribution in [2.24, 2.45) is 0 Å². The first-order chi connectivity index (χ1) is 13.0. The maximum atomic E-state index is 12.8. The van der Waals surface area contributed by atoms with E-state index >= 15 is 0 Å². The topological polar surface area (TPSA) is 79.5 Å². The van der Waals surface area contributed by atoms with Crippen molar-refractivity contribution in [1.29, 1.82) is 0 Å². The van der Waals surface area contributed by atoms with Crippen LogP contribution in [0.25, 0.3) is 11.5 Å². The Bertz CT molecular complexity index is 1010. The molecule has 0 saturated carbocycles. The first kappa shape index (κ1) is 17.0. The lowest BCUT2D eigenvalue weighted by Crippen LogP contribution is -2.31. The van der Waals surface area contributed by atoms with Crippen LogP contribution >= 0.6 is 0 Å². The molecule has 2 heterocycles. The van der Waals surface area contributed by atoms with E-state index in [1.165, 1.54) is 4.90 Å². The van der Waals surface area contributed by atoms with Gasteiger partial charge in [0.15, 0.2) is 0 Å². The standard InChI is InChI=1S/C20H18N4O3/c1-23(2)20-21-17(27-22-20)14-8-9-15-16(12-14)19(26)24(18(15)25)11-10-13-6-4-3-5-7-13/h3-9,12H,10-11H2,1-2H3. The van der Waals surface area contributed by atoms with Gasteiger partial charge in [-0.15, -0.1) is 0 Å². The molecule has 2 amide bonds. The Kier molecular flexibility index (Phi) is 4.19. The Labute approximate surface area is 156 Å². The summed E-state index contributed by atoms with van der Waals surface area (Å²) in [7, 11) is 3.62. The van der Waals surface area contributed by atoms with Gasteiger partial charge in [0.05, 0.1) is 11.1 Å². The number of hydrogen-bond donors (Lipinski definition) is 0. The molecule has 7 nitrogen and oxygen atoms in total. The third kappa shape index (κ3) is 3.08. The van der Waals surface area contributed by atoms with E-state index in [1.807, 2.05) is 44.4 Å². The molecule has 4 rings (SSSR count). The molecule has 0 unspecified atom stereocenters. The molecule has 136 valence electrons. The van der Waals surface area contributed by atoms with Crippen LogP contribution in [0.15, 0.2) is 53.1 Å². The molecule has 2 aromatic carbocycles. The van der Waals surface area contributed by atoms with Crippen LogP contribution in [0.2, 0.25) is 0 Å². The lowest BCUT2D eigenvalue weighted by molar-refractivity contribution is 0.0656. The van der Waals surface area contributed by atoms with Crippen LogP contribution in [0.3, 0.4) is 0 Å². The van der Waals surface area contributed by atoms with Crippen LogP contribution < -0.4 is 4.90 Å². The SMILES string of the molecule is CN(C)c1noc(-c2ccc3c(c2)C(=O)N(CCc2ccccc2)C3=O)n1. The minimum Gasteiger partial charge on any atom is -0.344 e. The molecule has 1 aliphatic heterocycles. The van der Waals surface area contributed by atoms with Crippen LogP contribution in [0.5, 0.6) is 0 Å². The highest BCUT2D eigenvalue weighted by Crippen LogP contribution is 2.28. The maximum Gasteiger partial charge on any atom is 0.265 e. The Morgan fingerprint density at radius 1 is 1.00 bits per heavy atom. The molecular formula is C20H18N4O3. The van der Waals surface area contributed by atoms with Crippen molar-refractivity contribution >= 4 is 17.8 Å². The van der Waals surface area contributed by atoms with Gasteiger partial charge >= 0.3 is 0 Å². The van der Waals surface area contributed by atoms with Gasteiger partial charge in [0.2, 0.25) is 0 Å². The van der Waals surface area contributed by atoms with Gasteiger partial charge in [-0.1, -0.05) is 30.3 Å². The van der Waals surface area contributed by atoms with Gasteiger partial charge in [0, 0.05) is 26.2 Å². The van der Waals surface area contributed by atoms with E-state index in [4.69, 9.17) is 4.52 Å². The van der Waals surface area contributed by atoms with Crippen LogP contribution in [-0.2, 0) is 6.42 Å². The fourth-order valence-corrected chi connectivity index (χ4v) is 3.03. The minimum atomic E-state index is -0.292. The summed E-state index contributed by atoms with van der Waals surface area (Å²) in [6.45, 7) is 0.344. The normalized spacial score (nSPS) is 13.2. The quantitative estimate of drug-likeness (QED) is 0.649. The molecule has 3 aromatic rings. The zero-order valence-electron chi connectivity index (χ0n) is 15.0. The van der Waals surface area contributed by atoms with Crippen molar-refractivity contribution in [2.75, 3.05) is 25.5 Å². The van der Waals surface area contributed by atoms with Crippen LogP contribution in [0.4, 0.5) is 5.95 Å². The van der Waals surface area contributed by atoms with E-state index < -0.39 is 0 Å². The molecule has 0 saturated heterocycles. The number of fused-ring (bicyclic) bond motifs is 1. The Hall–Kier alpha value is -3.48. The number of benzene rings is 2. The second-order valence-electron chi connectivity index (χ2n) is 6.55. The predicted molar refractivity (Wildman–Crippen MR) is 99.6 cm³/mol. The summed E-state index contributed by atoms with van der Waals surface area (Å²) >= 11 is 0. The molecule has 7 heteroatoms. The molecule has 1 aromatic heterocycles. The lowest BCUT2D eigenvalue weighted by Gasteiger charge is -2.13. The van der Waals surface area contributed by atoms with Crippen molar-refractivity contribution in [3.63, 3.8) is 0 Å². The molecule has 0 bridgehead atoms. The summed E-state index contributed by atoms with van der Waals surface area (Å²) in [4.78, 5) is 32.7. The number of amides is 2. The molecular weight excluding hydrogens is 344 g/mol. The molecule has 0 aliphatic carbocycles. The largest absolute Gasteiger partial charge is 0.344 e. The average molecular weight is 362 g/mol. The van der Waals surface area contributed by atoms with Gasteiger partial charge < -0.3 is 9.42 Å². The van der Waals surface area contributed by atoms with Crippen molar-refractivity contribution in [3.8, 4) is 11.5 Å². The number of rotatable bonds is 5. The summed E-state index contributed by atoms with van der Waals surface area (Å²) in [5, 5.41) is 3.88. The highest BCUT2D eigenvalue weighted by Gasteiger charge is 2.35. The number of carbonyl (C=O) groups is 2. The molecule has 27 heavy (non-hydrogen) atoms. The van der Waals surface area contributed by atoms with Crippen LogP contribution in [0.1, 0.15) is 26.3 Å². The maximum absolute atomic E-state index is 12.8. The lowest BCUT2D eigenvalue weighted by atomic mass is 10.1. The smallest absolute Gasteiger partial charge is 0.265 e. The van der Waals surface area contributed by atoms with Crippen molar-refractivity contribution in [1.82, 2.24) is 15.0 Å². The number of anilines is 1. The highest BCUT2D eigenvalue weighted by atomic mass is 16.5. The number of carbonyl (C=O) groups excluding carboxylic acids is 2. The minimum absolute atomic E-state index is 0.267. The number of aromatic nitrogens is 2. The third-order valence-electron chi connectivity index (χ3n) is 4.50. The molecule has 1 aliphatic rings. The summed E-state index contributed by atoms with van der Waals surface area (Å²) < 4.78 is 5.25. The molecule has 0 fully saturated rings. The first-order valence-electron chi connectivity index (χ1n) is 8.60. The second-order valence-corrected chi connectivity index (χ2v) is 6.55. The van der Waals surface area contributed by atoms with E-state index in [1.54, 1.807) is 23.1 Å². The monoisotopic (exact) mass is 362 g/mol. The van der Waals surface area contributed by atoms with Gasteiger partial charge in [-0.2, -0.15) is 4.98 Å². The van der Waals surface area contributed by atoms with Crippen molar-refractivity contribution in [2.45, 2.75) is 6.42 Å². The van der Waals surface area contributed by atoms with E-state index in [0.717, 1.165) is 5.56 Å².